The first kappa shape index (κ1) is 9.34. The highest BCUT2D eigenvalue weighted by molar-refractivity contribution is 6.14. The van der Waals surface area contributed by atoms with Crippen LogP contribution < -0.4 is 5.73 Å². The van der Waals surface area contributed by atoms with Gasteiger partial charge in [0.15, 0.2) is 5.84 Å². The quantitative estimate of drug-likeness (QED) is 0.724. The van der Waals surface area contributed by atoms with E-state index in [1.165, 1.54) is 0 Å². The zero-order chi connectivity index (χ0) is 10.7. The van der Waals surface area contributed by atoms with Gasteiger partial charge < -0.3 is 5.73 Å². The van der Waals surface area contributed by atoms with Gasteiger partial charge in [-0.15, -0.1) is 0 Å². The summed E-state index contributed by atoms with van der Waals surface area (Å²) in [5.74, 6) is 0.891. The van der Waals surface area contributed by atoms with E-state index in [-0.39, 0.29) is 0 Å². The van der Waals surface area contributed by atoms with Crippen molar-refractivity contribution in [3.05, 3.63) is 23.9 Å². The number of aliphatic imine (C=N–C) groups is 2. The van der Waals surface area contributed by atoms with Crippen molar-refractivity contribution < 1.29 is 0 Å². The fourth-order valence-electron chi connectivity index (χ4n) is 1.32. The Kier molecular flexibility index (Phi) is 2.42. The van der Waals surface area contributed by atoms with Crippen LogP contribution in [0.25, 0.3) is 0 Å². The molecule has 0 bridgehead atoms. The lowest BCUT2D eigenvalue weighted by Crippen LogP contribution is -2.13. The highest BCUT2D eigenvalue weighted by Gasteiger charge is 2.12. The van der Waals surface area contributed by atoms with E-state index in [4.69, 9.17) is 11.0 Å². The summed E-state index contributed by atoms with van der Waals surface area (Å²) in [6.07, 6.45) is 2.21. The Balaban J connectivity index is 2.42. The molecule has 0 radical (unpaired) electrons. The van der Waals surface area contributed by atoms with E-state index < -0.39 is 0 Å². The molecular formula is C10H9N5. The van der Waals surface area contributed by atoms with Gasteiger partial charge in [-0.1, -0.05) is 0 Å². The maximum Gasteiger partial charge on any atom is 0.159 e. The van der Waals surface area contributed by atoms with Crippen molar-refractivity contribution in [3.8, 4) is 6.07 Å². The number of nitrogens with zero attached hydrogens (tertiary/aromatic N) is 4. The standard InChI is InChI=1S/C10H9N5/c11-6-7-3-5-14-10(15-7)8-2-1-4-13-9(8)12/h1-2,4H,3,5H2,(H2,12,13). The largest absolute Gasteiger partial charge is 0.383 e. The van der Waals surface area contributed by atoms with Gasteiger partial charge >= 0.3 is 0 Å². The van der Waals surface area contributed by atoms with E-state index in [2.05, 4.69) is 15.0 Å². The fourth-order valence-corrected chi connectivity index (χ4v) is 1.32. The van der Waals surface area contributed by atoms with E-state index >= 15 is 0 Å². The molecule has 0 aliphatic carbocycles. The molecule has 2 rings (SSSR count). The van der Waals surface area contributed by atoms with Gasteiger partial charge in [0.05, 0.1) is 5.56 Å². The Hall–Kier alpha value is -2.22. The molecule has 2 heterocycles. The Morgan fingerprint density at radius 1 is 1.47 bits per heavy atom. The van der Waals surface area contributed by atoms with E-state index in [9.17, 15) is 0 Å². The summed E-state index contributed by atoms with van der Waals surface area (Å²) < 4.78 is 0. The van der Waals surface area contributed by atoms with Crippen LogP contribution in [0.15, 0.2) is 28.3 Å². The summed E-state index contributed by atoms with van der Waals surface area (Å²) >= 11 is 0. The molecule has 1 aliphatic heterocycles. The molecule has 74 valence electrons. The predicted octanol–water partition coefficient (Wildman–Crippen LogP) is 0.779. The summed E-state index contributed by atoms with van der Waals surface area (Å²) in [5.41, 5.74) is 6.87. The Morgan fingerprint density at radius 2 is 2.33 bits per heavy atom. The van der Waals surface area contributed by atoms with Gasteiger partial charge in [0, 0.05) is 19.2 Å². The van der Waals surface area contributed by atoms with Crippen molar-refractivity contribution in [2.24, 2.45) is 9.98 Å². The van der Waals surface area contributed by atoms with Gasteiger partial charge in [-0.25, -0.2) is 9.98 Å². The van der Waals surface area contributed by atoms with Crippen molar-refractivity contribution >= 4 is 17.4 Å². The molecule has 0 aromatic carbocycles. The molecule has 15 heavy (non-hydrogen) atoms. The molecule has 0 spiro atoms. The van der Waals surface area contributed by atoms with Crippen LogP contribution in [0.4, 0.5) is 5.82 Å². The average Bonchev–Trinajstić information content (AvgIpc) is 2.30. The maximum atomic E-state index is 8.74. The van der Waals surface area contributed by atoms with Gasteiger partial charge in [-0.05, 0) is 12.1 Å². The smallest absolute Gasteiger partial charge is 0.159 e. The van der Waals surface area contributed by atoms with Crippen LogP contribution in [0.1, 0.15) is 12.0 Å². The first-order chi connectivity index (χ1) is 7.31. The molecule has 5 nitrogen and oxygen atoms in total. The zero-order valence-corrected chi connectivity index (χ0v) is 8.01. The molecule has 0 amide bonds. The van der Waals surface area contributed by atoms with E-state index in [0.717, 1.165) is 0 Å². The molecule has 1 aromatic rings. The minimum atomic E-state index is 0.388. The van der Waals surface area contributed by atoms with Crippen LogP contribution in [-0.2, 0) is 0 Å². The molecule has 1 aliphatic rings. The van der Waals surface area contributed by atoms with Crippen LogP contribution in [0, 0.1) is 11.3 Å². The van der Waals surface area contributed by atoms with Crippen LogP contribution in [0.2, 0.25) is 0 Å². The number of nitriles is 1. The number of nitrogens with two attached hydrogens (primary N) is 1. The second-order valence-electron chi connectivity index (χ2n) is 3.06. The van der Waals surface area contributed by atoms with Crippen molar-refractivity contribution in [2.75, 3.05) is 12.3 Å². The van der Waals surface area contributed by atoms with Crippen molar-refractivity contribution in [1.82, 2.24) is 4.98 Å². The van der Waals surface area contributed by atoms with Crippen molar-refractivity contribution in [2.45, 2.75) is 6.42 Å². The number of hydrogen-bond acceptors (Lipinski definition) is 5. The van der Waals surface area contributed by atoms with Crippen LogP contribution >= 0.6 is 0 Å². The third-order valence-corrected chi connectivity index (χ3v) is 2.06. The second-order valence-corrected chi connectivity index (χ2v) is 3.06. The maximum absolute atomic E-state index is 8.74. The number of amidine groups is 1. The van der Waals surface area contributed by atoms with Gasteiger partial charge in [0.1, 0.15) is 17.6 Å². The molecule has 5 heteroatoms. The average molecular weight is 199 g/mol. The lowest BCUT2D eigenvalue weighted by molar-refractivity contribution is 1.02. The highest BCUT2D eigenvalue weighted by atomic mass is 15.0. The number of anilines is 1. The number of aromatic nitrogens is 1. The third kappa shape index (κ3) is 1.83. The number of nitrogen functional groups attached to an aromatic ring is 1. The minimum Gasteiger partial charge on any atom is -0.383 e. The summed E-state index contributed by atoms with van der Waals surface area (Å²) in [5, 5.41) is 8.74. The van der Waals surface area contributed by atoms with E-state index in [1.54, 1.807) is 18.3 Å². The van der Waals surface area contributed by atoms with Crippen LogP contribution in [0.3, 0.4) is 0 Å². The predicted molar refractivity (Wildman–Crippen MR) is 57.7 cm³/mol. The summed E-state index contributed by atoms with van der Waals surface area (Å²) in [7, 11) is 0. The Bertz CT molecular complexity index is 481. The van der Waals surface area contributed by atoms with Crippen LogP contribution in [0.5, 0.6) is 0 Å². The van der Waals surface area contributed by atoms with Gasteiger partial charge in [0.2, 0.25) is 0 Å². The number of pyridine rings is 1. The SMILES string of the molecule is N#CC1=NC(c2cccnc2N)=NCC1. The summed E-state index contributed by atoms with van der Waals surface area (Å²) in [4.78, 5) is 12.3. The lowest BCUT2D eigenvalue weighted by atomic mass is 10.2. The van der Waals surface area contributed by atoms with E-state index in [1.807, 2.05) is 6.07 Å². The molecule has 0 saturated heterocycles. The van der Waals surface area contributed by atoms with E-state index in [0.29, 0.717) is 35.9 Å². The topological polar surface area (TPSA) is 87.4 Å². The minimum absolute atomic E-state index is 0.388. The molecule has 1 aromatic heterocycles. The summed E-state index contributed by atoms with van der Waals surface area (Å²) in [6, 6.07) is 5.60. The third-order valence-electron chi connectivity index (χ3n) is 2.06. The lowest BCUT2D eigenvalue weighted by Gasteiger charge is -2.08. The first-order valence-electron chi connectivity index (χ1n) is 4.54. The van der Waals surface area contributed by atoms with Crippen molar-refractivity contribution in [1.29, 1.82) is 5.26 Å². The zero-order valence-electron chi connectivity index (χ0n) is 8.01. The highest BCUT2D eigenvalue weighted by Crippen LogP contribution is 2.12. The van der Waals surface area contributed by atoms with Crippen LogP contribution in [-0.4, -0.2) is 23.1 Å². The Labute approximate surface area is 87.0 Å². The second kappa shape index (κ2) is 3.88. The van der Waals surface area contributed by atoms with Gasteiger partial charge in [0.25, 0.3) is 0 Å². The Morgan fingerprint density at radius 3 is 3.07 bits per heavy atom. The summed E-state index contributed by atoms with van der Waals surface area (Å²) in [6.45, 7) is 0.579. The molecule has 0 atom stereocenters. The van der Waals surface area contributed by atoms with Gasteiger partial charge in [-0.2, -0.15) is 5.26 Å². The number of rotatable bonds is 1. The first-order valence-corrected chi connectivity index (χ1v) is 4.54. The monoisotopic (exact) mass is 199 g/mol. The number of hydrogen-bond donors (Lipinski definition) is 1. The van der Waals surface area contributed by atoms with Gasteiger partial charge in [-0.3, -0.25) is 4.99 Å². The molecule has 0 saturated carbocycles. The molecular weight excluding hydrogens is 190 g/mol. The van der Waals surface area contributed by atoms with Crippen molar-refractivity contribution in [3.63, 3.8) is 0 Å². The molecule has 0 fully saturated rings. The normalized spacial score (nSPS) is 15.1. The molecule has 0 unspecified atom stereocenters. The molecule has 2 N–H and O–H groups in total. The fraction of sp³-hybridized carbons (Fsp3) is 0.200.